The Kier molecular flexibility index (Phi) is 4.90. The van der Waals surface area contributed by atoms with E-state index in [0.717, 1.165) is 18.5 Å². The van der Waals surface area contributed by atoms with Gasteiger partial charge in [0.1, 0.15) is 5.69 Å². The van der Waals surface area contributed by atoms with Crippen molar-refractivity contribution in [3.63, 3.8) is 0 Å². The molecule has 0 saturated carbocycles. The van der Waals surface area contributed by atoms with Gasteiger partial charge >= 0.3 is 0 Å². The normalized spacial score (nSPS) is 17.5. The first-order valence-corrected chi connectivity index (χ1v) is 8.58. The maximum absolute atomic E-state index is 13.1. The molecule has 1 saturated heterocycles. The highest BCUT2D eigenvalue weighted by molar-refractivity contribution is 5.99. The molecule has 25 heavy (non-hydrogen) atoms. The van der Waals surface area contributed by atoms with Crippen molar-refractivity contribution >= 4 is 11.8 Å². The smallest absolute Gasteiger partial charge is 0.271 e. The highest BCUT2D eigenvalue weighted by Crippen LogP contribution is 2.25. The fraction of sp³-hybridized carbons (Fsp3) is 0.368. The highest BCUT2D eigenvalue weighted by atomic mass is 16.2. The van der Waals surface area contributed by atoms with Gasteiger partial charge in [0.2, 0.25) is 5.91 Å². The van der Waals surface area contributed by atoms with E-state index in [1.54, 1.807) is 23.9 Å². The van der Waals surface area contributed by atoms with Crippen molar-refractivity contribution < 1.29 is 9.59 Å². The number of rotatable bonds is 4. The van der Waals surface area contributed by atoms with Crippen molar-refractivity contribution in [3.8, 4) is 0 Å². The van der Waals surface area contributed by atoms with Crippen molar-refractivity contribution in [2.75, 3.05) is 19.6 Å². The van der Waals surface area contributed by atoms with Crippen LogP contribution in [0.2, 0.25) is 0 Å². The second kappa shape index (κ2) is 7.11. The summed E-state index contributed by atoms with van der Waals surface area (Å²) >= 11 is 0. The number of nitrogens with zero attached hydrogens (tertiary/aromatic N) is 2. The molecule has 0 aliphatic carbocycles. The van der Waals surface area contributed by atoms with Crippen molar-refractivity contribution in [2.24, 2.45) is 12.8 Å². The first-order valence-electron chi connectivity index (χ1n) is 8.58. The zero-order valence-electron chi connectivity index (χ0n) is 14.7. The summed E-state index contributed by atoms with van der Waals surface area (Å²) < 4.78 is 1.67. The number of piperazine rings is 1. The van der Waals surface area contributed by atoms with Gasteiger partial charge in [0, 0.05) is 32.9 Å². The number of nitrogens with one attached hydrogen (secondary N) is 1. The standard InChI is InChI=1S/C19H24N4O2/c1-3-13-4-6-14(7-5-13)17-11-21-8-9-23(17)19(25)16-10-15(18(20)24)12-22(16)2/h4-7,10,12,17,21H,3,8-9,11H2,1-2H3,(H2,20,24). The summed E-state index contributed by atoms with van der Waals surface area (Å²) in [7, 11) is 1.76. The Morgan fingerprint density at radius 2 is 2.00 bits per heavy atom. The van der Waals surface area contributed by atoms with E-state index >= 15 is 0 Å². The zero-order valence-corrected chi connectivity index (χ0v) is 14.7. The lowest BCUT2D eigenvalue weighted by atomic mass is 10.0. The molecular weight excluding hydrogens is 316 g/mol. The van der Waals surface area contributed by atoms with Gasteiger partial charge < -0.3 is 20.5 Å². The van der Waals surface area contributed by atoms with Gasteiger partial charge in [-0.05, 0) is 23.6 Å². The van der Waals surface area contributed by atoms with Crippen LogP contribution < -0.4 is 11.1 Å². The molecular formula is C19H24N4O2. The van der Waals surface area contributed by atoms with E-state index in [2.05, 4.69) is 36.5 Å². The average Bonchev–Trinajstić information content (AvgIpc) is 3.03. The van der Waals surface area contributed by atoms with Crippen LogP contribution in [0.3, 0.4) is 0 Å². The molecule has 3 N–H and O–H groups in total. The predicted molar refractivity (Wildman–Crippen MR) is 96.4 cm³/mol. The SMILES string of the molecule is CCc1ccc(C2CNCCN2C(=O)c2cc(C(N)=O)cn2C)cc1. The molecule has 0 radical (unpaired) electrons. The molecule has 1 aromatic carbocycles. The molecule has 1 unspecified atom stereocenters. The van der Waals surface area contributed by atoms with Crippen molar-refractivity contribution in [1.82, 2.24) is 14.8 Å². The minimum Gasteiger partial charge on any atom is -0.366 e. The number of primary amides is 1. The van der Waals surface area contributed by atoms with Gasteiger partial charge in [-0.1, -0.05) is 31.2 Å². The average molecular weight is 340 g/mol. The Hall–Kier alpha value is -2.60. The number of nitrogens with two attached hydrogens (primary N) is 1. The van der Waals surface area contributed by atoms with E-state index in [9.17, 15) is 9.59 Å². The van der Waals surface area contributed by atoms with Gasteiger partial charge in [-0.3, -0.25) is 9.59 Å². The van der Waals surface area contributed by atoms with Gasteiger partial charge in [-0.15, -0.1) is 0 Å². The maximum Gasteiger partial charge on any atom is 0.271 e. The van der Waals surface area contributed by atoms with E-state index in [4.69, 9.17) is 5.73 Å². The predicted octanol–water partition coefficient (Wildman–Crippen LogP) is 1.47. The van der Waals surface area contributed by atoms with Crippen LogP contribution in [-0.4, -0.2) is 40.9 Å². The lowest BCUT2D eigenvalue weighted by Gasteiger charge is -2.36. The molecule has 6 heteroatoms. The summed E-state index contributed by atoms with van der Waals surface area (Å²) in [5.74, 6) is -0.609. The van der Waals surface area contributed by atoms with Crippen molar-refractivity contribution in [2.45, 2.75) is 19.4 Å². The van der Waals surface area contributed by atoms with E-state index in [1.165, 1.54) is 5.56 Å². The summed E-state index contributed by atoms with van der Waals surface area (Å²) in [5.41, 5.74) is 8.55. The van der Waals surface area contributed by atoms with E-state index in [0.29, 0.717) is 24.3 Å². The number of benzene rings is 1. The second-order valence-corrected chi connectivity index (χ2v) is 6.40. The van der Waals surface area contributed by atoms with Crippen molar-refractivity contribution in [3.05, 3.63) is 58.9 Å². The van der Waals surface area contributed by atoms with Crippen LogP contribution in [0.15, 0.2) is 36.5 Å². The van der Waals surface area contributed by atoms with Crippen molar-refractivity contribution in [1.29, 1.82) is 0 Å². The molecule has 2 aromatic rings. The summed E-state index contributed by atoms with van der Waals surface area (Å²) in [4.78, 5) is 26.3. The summed E-state index contributed by atoms with van der Waals surface area (Å²) in [6.45, 7) is 4.21. The Labute approximate surface area is 147 Å². The Balaban J connectivity index is 1.89. The lowest BCUT2D eigenvalue weighted by Crippen LogP contribution is -2.49. The summed E-state index contributed by atoms with van der Waals surface area (Å²) in [5, 5.41) is 3.36. The van der Waals surface area contributed by atoms with Gasteiger partial charge in [-0.2, -0.15) is 0 Å². The quantitative estimate of drug-likeness (QED) is 0.884. The van der Waals surface area contributed by atoms with Gasteiger partial charge in [-0.25, -0.2) is 0 Å². The van der Waals surface area contributed by atoms with Crippen LogP contribution in [0.25, 0.3) is 0 Å². The van der Waals surface area contributed by atoms with Gasteiger partial charge in [0.25, 0.3) is 5.91 Å². The number of amides is 2. The first-order chi connectivity index (χ1) is 12.0. The van der Waals surface area contributed by atoms with Crippen LogP contribution in [0.5, 0.6) is 0 Å². The molecule has 1 aromatic heterocycles. The minimum atomic E-state index is -0.526. The number of carbonyl (C=O) groups excluding carboxylic acids is 2. The van der Waals surface area contributed by atoms with Crippen LogP contribution in [0, 0.1) is 0 Å². The molecule has 1 fully saturated rings. The first kappa shape index (κ1) is 17.2. The van der Waals surface area contributed by atoms with Crippen LogP contribution >= 0.6 is 0 Å². The van der Waals surface area contributed by atoms with E-state index in [1.807, 2.05) is 4.90 Å². The third-order valence-electron chi connectivity index (χ3n) is 4.79. The van der Waals surface area contributed by atoms with E-state index in [-0.39, 0.29) is 11.9 Å². The molecule has 0 bridgehead atoms. The van der Waals surface area contributed by atoms with Crippen LogP contribution in [0.1, 0.15) is 44.9 Å². The van der Waals surface area contributed by atoms with Gasteiger partial charge in [0.15, 0.2) is 0 Å². The number of carbonyl (C=O) groups is 2. The molecule has 1 aliphatic rings. The van der Waals surface area contributed by atoms with E-state index < -0.39 is 5.91 Å². The number of aromatic nitrogens is 1. The molecule has 2 amide bonds. The Morgan fingerprint density at radius 3 is 2.60 bits per heavy atom. The number of hydrogen-bond acceptors (Lipinski definition) is 3. The molecule has 0 spiro atoms. The summed E-state index contributed by atoms with van der Waals surface area (Å²) in [6, 6.07) is 9.96. The van der Waals surface area contributed by atoms with Gasteiger partial charge in [0.05, 0.1) is 11.6 Å². The second-order valence-electron chi connectivity index (χ2n) is 6.40. The largest absolute Gasteiger partial charge is 0.366 e. The van der Waals surface area contributed by atoms with Crippen LogP contribution in [0.4, 0.5) is 0 Å². The highest BCUT2D eigenvalue weighted by Gasteiger charge is 2.30. The molecule has 132 valence electrons. The third kappa shape index (κ3) is 3.44. The maximum atomic E-state index is 13.1. The molecule has 3 rings (SSSR count). The minimum absolute atomic E-state index is 0.0286. The topological polar surface area (TPSA) is 80.4 Å². The third-order valence-corrected chi connectivity index (χ3v) is 4.79. The van der Waals surface area contributed by atoms with Crippen LogP contribution in [-0.2, 0) is 13.5 Å². The number of aryl methyl sites for hydroxylation is 2. The molecule has 6 nitrogen and oxygen atoms in total. The monoisotopic (exact) mass is 340 g/mol. The fourth-order valence-electron chi connectivity index (χ4n) is 3.28. The zero-order chi connectivity index (χ0) is 18.0. The molecule has 1 aliphatic heterocycles. The number of hydrogen-bond donors (Lipinski definition) is 2. The Bertz CT molecular complexity index is 779. The Morgan fingerprint density at radius 1 is 1.28 bits per heavy atom. The lowest BCUT2D eigenvalue weighted by molar-refractivity contribution is 0.0624. The molecule has 1 atom stereocenters. The summed E-state index contributed by atoms with van der Waals surface area (Å²) in [6.07, 6.45) is 2.59. The fourth-order valence-corrected chi connectivity index (χ4v) is 3.28. The molecule has 2 heterocycles.